The molecular weight excluding hydrogens is 1280 g/mol. The largest absolute Gasteiger partial charge is 0.472 e. The van der Waals surface area contributed by atoms with Crippen LogP contribution in [0.15, 0.2) is 122 Å². The Morgan fingerprint density at radius 2 is 0.531 bits per heavy atom. The van der Waals surface area contributed by atoms with E-state index in [2.05, 4.69) is 149 Å². The Bertz CT molecular complexity index is 2340. The molecular formula is C79H134O17P2. The Morgan fingerprint density at radius 3 is 0.816 bits per heavy atom. The molecule has 0 aromatic rings. The molecule has 0 saturated carbocycles. The molecule has 0 saturated heterocycles. The third kappa shape index (κ3) is 69.9. The summed E-state index contributed by atoms with van der Waals surface area (Å²) >= 11 is 0. The molecule has 3 N–H and O–H groups in total. The normalized spacial score (nSPS) is 14.6. The minimum Gasteiger partial charge on any atom is -0.462 e. The molecule has 19 heteroatoms. The van der Waals surface area contributed by atoms with E-state index < -0.39 is 97.5 Å². The number of rotatable bonds is 70. The fraction of sp³-hybridized carbons (Fsp3) is 0.696. The van der Waals surface area contributed by atoms with Crippen LogP contribution in [0.3, 0.4) is 0 Å². The van der Waals surface area contributed by atoms with Crippen molar-refractivity contribution in [3.8, 4) is 0 Å². The van der Waals surface area contributed by atoms with Crippen molar-refractivity contribution >= 4 is 39.5 Å². The lowest BCUT2D eigenvalue weighted by Gasteiger charge is -2.21. The summed E-state index contributed by atoms with van der Waals surface area (Å²) in [6.45, 7) is 4.46. The van der Waals surface area contributed by atoms with Gasteiger partial charge in [0.1, 0.15) is 19.3 Å². The Morgan fingerprint density at radius 1 is 0.296 bits per heavy atom. The van der Waals surface area contributed by atoms with Crippen LogP contribution in [0, 0.1) is 0 Å². The van der Waals surface area contributed by atoms with E-state index >= 15 is 0 Å². The molecule has 0 aromatic carbocycles. The number of hydrogen-bond donors (Lipinski definition) is 3. The molecule has 562 valence electrons. The van der Waals surface area contributed by atoms with Crippen LogP contribution in [0.2, 0.25) is 0 Å². The Balaban J connectivity index is 5.37. The minimum absolute atomic E-state index is 0.0693. The summed E-state index contributed by atoms with van der Waals surface area (Å²) in [5.74, 6) is -2.23. The summed E-state index contributed by atoms with van der Waals surface area (Å²) < 4.78 is 68.4. The molecule has 0 bridgehead atoms. The van der Waals surface area contributed by atoms with Gasteiger partial charge in [-0.15, -0.1) is 0 Å². The zero-order valence-electron chi connectivity index (χ0n) is 61.2. The quantitative estimate of drug-likeness (QED) is 0.0169. The van der Waals surface area contributed by atoms with Crippen LogP contribution < -0.4 is 0 Å². The second-order valence-electron chi connectivity index (χ2n) is 24.8. The van der Waals surface area contributed by atoms with E-state index in [1.807, 2.05) is 0 Å². The highest BCUT2D eigenvalue weighted by Crippen LogP contribution is 2.45. The average molecular weight is 1420 g/mol. The Kier molecular flexibility index (Phi) is 67.6. The van der Waals surface area contributed by atoms with Gasteiger partial charge in [0, 0.05) is 25.7 Å². The summed E-state index contributed by atoms with van der Waals surface area (Å²) in [6.07, 6.45) is 76.2. The van der Waals surface area contributed by atoms with Crippen LogP contribution >= 0.6 is 15.6 Å². The van der Waals surface area contributed by atoms with Gasteiger partial charge in [-0.3, -0.25) is 37.3 Å². The molecule has 17 nitrogen and oxygen atoms in total. The smallest absolute Gasteiger partial charge is 0.462 e. The van der Waals surface area contributed by atoms with Crippen molar-refractivity contribution in [1.82, 2.24) is 0 Å². The van der Waals surface area contributed by atoms with Crippen molar-refractivity contribution in [1.29, 1.82) is 0 Å². The van der Waals surface area contributed by atoms with E-state index in [1.165, 1.54) is 38.5 Å². The fourth-order valence-corrected chi connectivity index (χ4v) is 11.3. The number of hydrogen-bond acceptors (Lipinski definition) is 15. The molecule has 0 fully saturated rings. The van der Waals surface area contributed by atoms with Gasteiger partial charge < -0.3 is 33.8 Å². The number of aliphatic hydroxyl groups excluding tert-OH is 1. The molecule has 0 heterocycles. The van der Waals surface area contributed by atoms with Gasteiger partial charge in [-0.2, -0.15) is 0 Å². The van der Waals surface area contributed by atoms with E-state index in [0.29, 0.717) is 25.7 Å². The lowest BCUT2D eigenvalue weighted by molar-refractivity contribution is -0.161. The van der Waals surface area contributed by atoms with Crippen LogP contribution in [0.1, 0.15) is 297 Å². The second-order valence-corrected chi connectivity index (χ2v) is 27.7. The van der Waals surface area contributed by atoms with Crippen LogP contribution in [0.5, 0.6) is 0 Å². The van der Waals surface area contributed by atoms with Gasteiger partial charge in [-0.1, -0.05) is 265 Å². The van der Waals surface area contributed by atoms with Gasteiger partial charge in [0.25, 0.3) is 0 Å². The number of aliphatic hydroxyl groups is 1. The molecule has 0 radical (unpaired) electrons. The van der Waals surface area contributed by atoms with Crippen molar-refractivity contribution in [2.45, 2.75) is 316 Å². The number of allylic oxidation sites excluding steroid dienone is 20. The summed E-state index contributed by atoms with van der Waals surface area (Å²) in [6, 6.07) is 0. The maximum absolute atomic E-state index is 13.1. The Hall–Kier alpha value is -4.54. The predicted molar refractivity (Wildman–Crippen MR) is 399 cm³/mol. The van der Waals surface area contributed by atoms with Crippen molar-refractivity contribution in [2.24, 2.45) is 0 Å². The monoisotopic (exact) mass is 1420 g/mol. The van der Waals surface area contributed by atoms with E-state index in [1.54, 1.807) is 0 Å². The first kappa shape index (κ1) is 93.5. The second kappa shape index (κ2) is 70.9. The van der Waals surface area contributed by atoms with Crippen LogP contribution in [0.4, 0.5) is 0 Å². The minimum atomic E-state index is -4.98. The standard InChI is InChI=1S/C79H134O17P2/c1-5-9-13-17-21-25-29-32-35-36-39-41-45-48-52-56-60-64-77(82)89-69-74(95-78(83)65-61-57-53-49-43-28-24-20-16-12-8-4)71-93-97(85,86)91-67-73(80)68-92-98(87,88)94-72-75(96-79(84)66-62-58-54-50-46-42-38-34-31-27-23-19-15-11-7-3)70-90-76(81)63-59-55-51-47-44-40-37-33-30-26-22-18-14-10-6-2/h9-11,13-15,21-23,25-27,32-35,37-39,41,73-75,80H,5-8,12,16-20,24,28-31,36,40,42-72H2,1-4H3,(H,85,86)(H,87,88)/b13-9-,14-10-,15-11-,25-21-,26-22-,27-23-,35-32-,37-33-,38-34-,41-39-. The van der Waals surface area contributed by atoms with Gasteiger partial charge in [0.05, 0.1) is 26.4 Å². The SMILES string of the molecule is CC/C=C\C/C=C\C/C=C\C/C=C\CCCCCCC(=O)OCC(COP(=O)(O)OCC(O)COP(=O)(O)OCC(COC(=O)CCCCCCC/C=C\C/C=C\C/C=C\CC)OC(=O)CCCCCCC/C=C\C/C=C\C/C=C\CC)OC(=O)CCCCCCCCCCCCC. The van der Waals surface area contributed by atoms with Gasteiger partial charge >= 0.3 is 39.5 Å². The van der Waals surface area contributed by atoms with E-state index in [-0.39, 0.29) is 25.7 Å². The summed E-state index contributed by atoms with van der Waals surface area (Å²) in [7, 11) is -9.96. The van der Waals surface area contributed by atoms with E-state index in [9.17, 15) is 43.2 Å². The highest BCUT2D eigenvalue weighted by molar-refractivity contribution is 7.47. The number of phosphoric ester groups is 2. The predicted octanol–water partition coefficient (Wildman–Crippen LogP) is 21.6. The van der Waals surface area contributed by atoms with Crippen LogP contribution in [-0.4, -0.2) is 96.7 Å². The highest BCUT2D eigenvalue weighted by Gasteiger charge is 2.30. The first-order chi connectivity index (χ1) is 47.7. The van der Waals surface area contributed by atoms with Crippen molar-refractivity contribution in [2.75, 3.05) is 39.6 Å². The molecule has 0 rings (SSSR count). The first-order valence-corrected chi connectivity index (χ1v) is 40.8. The Labute approximate surface area is 593 Å². The summed E-state index contributed by atoms with van der Waals surface area (Å²) in [5, 5.41) is 10.6. The van der Waals surface area contributed by atoms with E-state index in [0.717, 1.165) is 180 Å². The lowest BCUT2D eigenvalue weighted by Crippen LogP contribution is -2.30. The summed E-state index contributed by atoms with van der Waals surface area (Å²) in [4.78, 5) is 72.8. The number of ether oxygens (including phenoxy) is 4. The molecule has 0 aliphatic heterocycles. The summed E-state index contributed by atoms with van der Waals surface area (Å²) in [5.41, 5.74) is 0. The van der Waals surface area contributed by atoms with Gasteiger partial charge in [0.2, 0.25) is 0 Å². The molecule has 0 aliphatic rings. The first-order valence-electron chi connectivity index (χ1n) is 37.8. The third-order valence-electron chi connectivity index (χ3n) is 15.4. The van der Waals surface area contributed by atoms with Crippen LogP contribution in [-0.2, 0) is 65.4 Å². The number of carbonyl (C=O) groups excluding carboxylic acids is 4. The molecule has 5 atom stereocenters. The maximum atomic E-state index is 13.1. The molecule has 98 heavy (non-hydrogen) atoms. The number of esters is 4. The van der Waals surface area contributed by atoms with Gasteiger partial charge in [0.15, 0.2) is 12.2 Å². The van der Waals surface area contributed by atoms with Crippen molar-refractivity contribution < 1.29 is 80.2 Å². The van der Waals surface area contributed by atoms with Crippen molar-refractivity contribution in [3.63, 3.8) is 0 Å². The maximum Gasteiger partial charge on any atom is 0.472 e. The molecule has 0 aromatic heterocycles. The van der Waals surface area contributed by atoms with Crippen molar-refractivity contribution in [3.05, 3.63) is 122 Å². The van der Waals surface area contributed by atoms with Gasteiger partial charge in [-0.25, -0.2) is 9.13 Å². The van der Waals surface area contributed by atoms with Gasteiger partial charge in [-0.05, 0) is 128 Å². The molecule has 0 aliphatic carbocycles. The molecule has 0 amide bonds. The topological polar surface area (TPSA) is 237 Å². The van der Waals surface area contributed by atoms with E-state index in [4.69, 9.17) is 37.0 Å². The third-order valence-corrected chi connectivity index (χ3v) is 17.3. The molecule has 5 unspecified atom stereocenters. The number of phosphoric acid groups is 2. The average Bonchev–Trinajstić information content (AvgIpc) is 0.986. The fourth-order valence-electron chi connectivity index (χ4n) is 9.77. The zero-order chi connectivity index (χ0) is 71.8. The lowest BCUT2D eigenvalue weighted by atomic mass is 10.1. The zero-order valence-corrected chi connectivity index (χ0v) is 63.0. The molecule has 0 spiro atoms. The number of unbranched alkanes of at least 4 members (excludes halogenated alkanes) is 24. The highest BCUT2D eigenvalue weighted by atomic mass is 31.2. The van der Waals surface area contributed by atoms with Crippen LogP contribution in [0.25, 0.3) is 0 Å². The number of carbonyl (C=O) groups is 4.